The minimum atomic E-state index is -0.251. The Morgan fingerprint density at radius 1 is 1.53 bits per heavy atom. The van der Waals surface area contributed by atoms with E-state index in [2.05, 4.69) is 17.3 Å². The van der Waals surface area contributed by atoms with Crippen molar-refractivity contribution in [3.05, 3.63) is 0 Å². The molecule has 1 aliphatic rings. The van der Waals surface area contributed by atoms with E-state index in [0.717, 1.165) is 19.0 Å². The minimum Gasteiger partial charge on any atom is -0.390 e. The van der Waals surface area contributed by atoms with Crippen LogP contribution in [-0.4, -0.2) is 74.9 Å². The van der Waals surface area contributed by atoms with Gasteiger partial charge >= 0.3 is 0 Å². The molecule has 0 bridgehead atoms. The van der Waals surface area contributed by atoms with Crippen LogP contribution < -0.4 is 5.32 Å². The van der Waals surface area contributed by atoms with Gasteiger partial charge in [-0.15, -0.1) is 0 Å². The Morgan fingerprint density at radius 2 is 2.27 bits per heavy atom. The molecule has 0 radical (unpaired) electrons. The first-order valence-electron chi connectivity index (χ1n) is 5.80. The van der Waals surface area contributed by atoms with Crippen molar-refractivity contribution in [3.63, 3.8) is 0 Å². The molecule has 1 aliphatic heterocycles. The predicted molar refractivity (Wildman–Crippen MR) is 63.0 cm³/mol. The molecular formula is C11H25N3O. The molecule has 0 aromatic heterocycles. The van der Waals surface area contributed by atoms with Crippen LogP contribution in [0.5, 0.6) is 0 Å². The molecule has 2 unspecified atom stereocenters. The number of nitrogens with one attached hydrogen (secondary N) is 1. The third kappa shape index (κ3) is 5.47. The maximum atomic E-state index is 9.63. The highest BCUT2D eigenvalue weighted by Gasteiger charge is 2.18. The molecule has 2 N–H and O–H groups in total. The summed E-state index contributed by atoms with van der Waals surface area (Å²) >= 11 is 0. The molecule has 1 rings (SSSR count). The van der Waals surface area contributed by atoms with E-state index in [9.17, 15) is 5.11 Å². The highest BCUT2D eigenvalue weighted by Crippen LogP contribution is 2.12. The van der Waals surface area contributed by atoms with E-state index in [1.54, 1.807) is 0 Å². The van der Waals surface area contributed by atoms with Gasteiger partial charge in [0.25, 0.3) is 0 Å². The van der Waals surface area contributed by atoms with Gasteiger partial charge in [-0.05, 0) is 46.6 Å². The number of hydrogen-bond acceptors (Lipinski definition) is 4. The highest BCUT2D eigenvalue weighted by atomic mass is 16.3. The smallest absolute Gasteiger partial charge is 0.0791 e. The summed E-state index contributed by atoms with van der Waals surface area (Å²) < 4.78 is 0. The number of nitrogens with zero attached hydrogens (tertiary/aromatic N) is 2. The van der Waals surface area contributed by atoms with Crippen molar-refractivity contribution < 1.29 is 5.11 Å². The SMILES string of the molecule is CN(C)CC(O)CNCC1CCN(C)C1. The third-order valence-corrected chi connectivity index (χ3v) is 2.88. The van der Waals surface area contributed by atoms with Crippen molar-refractivity contribution in [2.24, 2.45) is 5.92 Å². The van der Waals surface area contributed by atoms with Crippen molar-refractivity contribution >= 4 is 0 Å². The van der Waals surface area contributed by atoms with Crippen LogP contribution in [0.25, 0.3) is 0 Å². The average Bonchev–Trinajstić information content (AvgIpc) is 2.50. The fraction of sp³-hybridized carbons (Fsp3) is 1.00. The predicted octanol–water partition coefficient (Wildman–Crippen LogP) is -0.550. The summed E-state index contributed by atoms with van der Waals surface area (Å²) in [4.78, 5) is 4.37. The second-order valence-corrected chi connectivity index (χ2v) is 4.99. The van der Waals surface area contributed by atoms with Gasteiger partial charge in [0.15, 0.2) is 0 Å². The molecule has 2 atom stereocenters. The van der Waals surface area contributed by atoms with Crippen LogP contribution in [0, 0.1) is 5.92 Å². The van der Waals surface area contributed by atoms with Gasteiger partial charge in [-0.2, -0.15) is 0 Å². The van der Waals surface area contributed by atoms with Crippen molar-refractivity contribution in [1.29, 1.82) is 0 Å². The Kier molecular flexibility index (Phi) is 5.53. The number of aliphatic hydroxyl groups excluding tert-OH is 1. The standard InChI is InChI=1S/C11H25N3O/c1-13(2)9-11(15)7-12-6-10-4-5-14(3)8-10/h10-12,15H,4-9H2,1-3H3. The van der Waals surface area contributed by atoms with Crippen LogP contribution >= 0.6 is 0 Å². The molecule has 0 amide bonds. The lowest BCUT2D eigenvalue weighted by Crippen LogP contribution is -2.37. The molecule has 0 aromatic rings. The lowest BCUT2D eigenvalue weighted by atomic mass is 10.1. The van der Waals surface area contributed by atoms with Crippen molar-refractivity contribution in [3.8, 4) is 0 Å². The molecular weight excluding hydrogens is 190 g/mol. The number of aliphatic hydroxyl groups is 1. The van der Waals surface area contributed by atoms with Crippen molar-refractivity contribution in [1.82, 2.24) is 15.1 Å². The summed E-state index contributed by atoms with van der Waals surface area (Å²) in [6.07, 6.45) is 1.03. The molecule has 0 aromatic carbocycles. The van der Waals surface area contributed by atoms with Crippen LogP contribution in [0.15, 0.2) is 0 Å². The van der Waals surface area contributed by atoms with E-state index in [-0.39, 0.29) is 6.10 Å². The average molecular weight is 215 g/mol. The molecule has 1 fully saturated rings. The largest absolute Gasteiger partial charge is 0.390 e. The van der Waals surface area contributed by atoms with Crippen LogP contribution in [0.2, 0.25) is 0 Å². The monoisotopic (exact) mass is 215 g/mol. The molecule has 15 heavy (non-hydrogen) atoms. The quantitative estimate of drug-likeness (QED) is 0.624. The van der Waals surface area contributed by atoms with Crippen molar-refractivity contribution in [2.75, 3.05) is 53.9 Å². The van der Waals surface area contributed by atoms with Gasteiger partial charge in [-0.25, -0.2) is 0 Å². The van der Waals surface area contributed by atoms with E-state index >= 15 is 0 Å². The van der Waals surface area contributed by atoms with Crippen LogP contribution in [-0.2, 0) is 0 Å². The first-order chi connectivity index (χ1) is 7.08. The van der Waals surface area contributed by atoms with Crippen LogP contribution in [0.1, 0.15) is 6.42 Å². The Labute approximate surface area is 93.2 Å². The molecule has 0 spiro atoms. The van der Waals surface area contributed by atoms with Gasteiger partial charge in [-0.3, -0.25) is 0 Å². The topological polar surface area (TPSA) is 38.7 Å². The Morgan fingerprint density at radius 3 is 2.80 bits per heavy atom. The van der Waals surface area contributed by atoms with E-state index in [0.29, 0.717) is 6.54 Å². The van der Waals surface area contributed by atoms with Gasteiger partial charge < -0.3 is 20.2 Å². The Hall–Kier alpha value is -0.160. The summed E-state index contributed by atoms with van der Waals surface area (Å²) in [5, 5.41) is 13.0. The molecule has 90 valence electrons. The second-order valence-electron chi connectivity index (χ2n) is 4.99. The molecule has 4 heteroatoms. The number of hydrogen-bond donors (Lipinski definition) is 2. The summed E-state index contributed by atoms with van der Waals surface area (Å²) in [6, 6.07) is 0. The summed E-state index contributed by atoms with van der Waals surface area (Å²) in [7, 11) is 6.13. The zero-order chi connectivity index (χ0) is 11.3. The summed E-state index contributed by atoms with van der Waals surface area (Å²) in [5.74, 6) is 0.765. The third-order valence-electron chi connectivity index (χ3n) is 2.88. The van der Waals surface area contributed by atoms with E-state index < -0.39 is 0 Å². The maximum absolute atomic E-state index is 9.63. The first kappa shape index (κ1) is 12.9. The zero-order valence-corrected chi connectivity index (χ0v) is 10.2. The minimum absolute atomic E-state index is 0.251. The van der Waals surface area contributed by atoms with Gasteiger partial charge in [-0.1, -0.05) is 0 Å². The lowest BCUT2D eigenvalue weighted by molar-refractivity contribution is 0.133. The molecule has 1 heterocycles. The fourth-order valence-corrected chi connectivity index (χ4v) is 2.13. The van der Waals surface area contributed by atoms with E-state index in [4.69, 9.17) is 0 Å². The normalized spacial score (nSPS) is 25.0. The summed E-state index contributed by atoms with van der Waals surface area (Å²) in [5.41, 5.74) is 0. The zero-order valence-electron chi connectivity index (χ0n) is 10.2. The number of likely N-dealkylation sites (tertiary alicyclic amines) is 1. The second kappa shape index (κ2) is 6.43. The summed E-state index contributed by atoms with van der Waals surface area (Å²) in [6.45, 7) is 4.88. The maximum Gasteiger partial charge on any atom is 0.0791 e. The number of rotatable bonds is 6. The fourth-order valence-electron chi connectivity index (χ4n) is 2.13. The first-order valence-corrected chi connectivity index (χ1v) is 5.80. The highest BCUT2D eigenvalue weighted by molar-refractivity contribution is 4.75. The van der Waals surface area contributed by atoms with E-state index in [1.165, 1.54) is 19.5 Å². The van der Waals surface area contributed by atoms with Gasteiger partial charge in [0, 0.05) is 19.6 Å². The Balaban J connectivity index is 2.01. The van der Waals surface area contributed by atoms with Crippen LogP contribution in [0.4, 0.5) is 0 Å². The molecule has 4 nitrogen and oxygen atoms in total. The molecule has 1 saturated heterocycles. The molecule has 0 aliphatic carbocycles. The van der Waals surface area contributed by atoms with Gasteiger partial charge in [0.1, 0.15) is 0 Å². The molecule has 0 saturated carbocycles. The lowest BCUT2D eigenvalue weighted by Gasteiger charge is -2.18. The number of likely N-dealkylation sites (N-methyl/N-ethyl adjacent to an activating group) is 1. The van der Waals surface area contributed by atoms with E-state index in [1.807, 2.05) is 19.0 Å². The van der Waals surface area contributed by atoms with Gasteiger partial charge in [0.2, 0.25) is 0 Å². The van der Waals surface area contributed by atoms with Gasteiger partial charge in [0.05, 0.1) is 6.10 Å². The van der Waals surface area contributed by atoms with Crippen LogP contribution in [0.3, 0.4) is 0 Å². The van der Waals surface area contributed by atoms with Crippen molar-refractivity contribution in [2.45, 2.75) is 12.5 Å². The Bertz CT molecular complexity index is 175.